The summed E-state index contributed by atoms with van der Waals surface area (Å²) in [6.07, 6.45) is 0. The van der Waals surface area contributed by atoms with E-state index in [-0.39, 0.29) is 17.2 Å². The molecule has 22 heavy (non-hydrogen) atoms. The standard InChI is InChI=1S/C15H19N5O2/c1-19-6-8-20(9-7-19)12-4-2-11(3-5-12)16-15(22)13-10-14(21)18-17-13/h2-5,10H,6-9H2,1H3,(H,16,22)(H2,17,18,21). The van der Waals surface area contributed by atoms with E-state index in [1.165, 1.54) is 6.07 Å². The predicted molar refractivity (Wildman–Crippen MR) is 85.5 cm³/mol. The Balaban J connectivity index is 1.64. The number of carbonyl (C=O) groups excluding carboxylic acids is 1. The lowest BCUT2D eigenvalue weighted by Crippen LogP contribution is -2.44. The van der Waals surface area contributed by atoms with Gasteiger partial charge in [-0.25, -0.2) is 0 Å². The normalized spacial score (nSPS) is 15.8. The van der Waals surface area contributed by atoms with E-state index >= 15 is 0 Å². The number of H-pyrrole nitrogens is 2. The molecule has 2 aromatic rings. The first-order valence-corrected chi connectivity index (χ1v) is 7.24. The zero-order valence-corrected chi connectivity index (χ0v) is 12.4. The Morgan fingerprint density at radius 2 is 1.77 bits per heavy atom. The van der Waals surface area contributed by atoms with Crippen LogP contribution in [0.4, 0.5) is 11.4 Å². The fourth-order valence-corrected chi connectivity index (χ4v) is 2.47. The summed E-state index contributed by atoms with van der Waals surface area (Å²) in [6, 6.07) is 8.97. The Morgan fingerprint density at radius 3 is 2.36 bits per heavy atom. The van der Waals surface area contributed by atoms with E-state index in [9.17, 15) is 9.59 Å². The minimum atomic E-state index is -0.342. The molecule has 7 nitrogen and oxygen atoms in total. The summed E-state index contributed by atoms with van der Waals surface area (Å²) in [4.78, 5) is 27.6. The molecule has 3 rings (SSSR count). The molecule has 1 fully saturated rings. The minimum absolute atomic E-state index is 0.216. The van der Waals surface area contributed by atoms with Gasteiger partial charge in [0.25, 0.3) is 11.5 Å². The number of amides is 1. The molecule has 0 aliphatic carbocycles. The van der Waals surface area contributed by atoms with Gasteiger partial charge in [-0.3, -0.25) is 19.8 Å². The number of nitrogens with one attached hydrogen (secondary N) is 3. The van der Waals surface area contributed by atoms with Gasteiger partial charge in [0, 0.05) is 43.6 Å². The number of likely N-dealkylation sites (N-methyl/N-ethyl adjacent to an activating group) is 1. The fourth-order valence-electron chi connectivity index (χ4n) is 2.47. The molecule has 7 heteroatoms. The molecule has 1 aromatic carbocycles. The van der Waals surface area contributed by atoms with Crippen molar-refractivity contribution in [3.63, 3.8) is 0 Å². The van der Waals surface area contributed by atoms with Gasteiger partial charge in [-0.05, 0) is 31.3 Å². The third-order valence-corrected chi connectivity index (χ3v) is 3.83. The third-order valence-electron chi connectivity index (χ3n) is 3.83. The molecule has 0 radical (unpaired) electrons. The first kappa shape index (κ1) is 14.4. The van der Waals surface area contributed by atoms with Crippen LogP contribution in [0.1, 0.15) is 10.5 Å². The van der Waals surface area contributed by atoms with Gasteiger partial charge in [0.2, 0.25) is 0 Å². The van der Waals surface area contributed by atoms with E-state index in [0.717, 1.165) is 31.9 Å². The summed E-state index contributed by atoms with van der Waals surface area (Å²) < 4.78 is 0. The van der Waals surface area contributed by atoms with Crippen LogP contribution in [0.3, 0.4) is 0 Å². The van der Waals surface area contributed by atoms with Gasteiger partial charge in [0.1, 0.15) is 5.69 Å². The van der Waals surface area contributed by atoms with Gasteiger partial charge in [-0.15, -0.1) is 0 Å². The molecule has 1 aliphatic rings. The number of rotatable bonds is 3. The number of hydrogen-bond acceptors (Lipinski definition) is 4. The Morgan fingerprint density at radius 1 is 1.09 bits per heavy atom. The number of benzene rings is 1. The van der Waals surface area contributed by atoms with E-state index in [1.54, 1.807) is 0 Å². The summed E-state index contributed by atoms with van der Waals surface area (Å²) >= 11 is 0. The van der Waals surface area contributed by atoms with E-state index in [1.807, 2.05) is 24.3 Å². The second-order valence-electron chi connectivity index (χ2n) is 5.46. The first-order valence-electron chi connectivity index (χ1n) is 7.24. The van der Waals surface area contributed by atoms with Gasteiger partial charge < -0.3 is 15.1 Å². The van der Waals surface area contributed by atoms with E-state index in [0.29, 0.717) is 5.69 Å². The summed E-state index contributed by atoms with van der Waals surface area (Å²) in [7, 11) is 2.13. The highest BCUT2D eigenvalue weighted by Gasteiger charge is 2.14. The van der Waals surface area contributed by atoms with E-state index in [4.69, 9.17) is 0 Å². The number of anilines is 2. The number of nitrogens with zero attached hydrogens (tertiary/aromatic N) is 2. The van der Waals surface area contributed by atoms with Gasteiger partial charge >= 0.3 is 0 Å². The van der Waals surface area contributed by atoms with Crippen LogP contribution >= 0.6 is 0 Å². The van der Waals surface area contributed by atoms with E-state index in [2.05, 4.69) is 32.4 Å². The SMILES string of the molecule is CN1CCN(c2ccc(NC(=O)c3cc(=O)[nH][nH]3)cc2)CC1. The minimum Gasteiger partial charge on any atom is -0.369 e. The maximum absolute atomic E-state index is 11.9. The predicted octanol–water partition coefficient (Wildman–Crippen LogP) is 0.707. The monoisotopic (exact) mass is 301 g/mol. The Labute approximate surface area is 127 Å². The smallest absolute Gasteiger partial charge is 0.273 e. The van der Waals surface area contributed by atoms with Crippen molar-refractivity contribution in [2.24, 2.45) is 0 Å². The van der Waals surface area contributed by atoms with Crippen LogP contribution in [0.5, 0.6) is 0 Å². The molecule has 0 spiro atoms. The number of aromatic amines is 2. The topological polar surface area (TPSA) is 84.2 Å². The number of carbonyl (C=O) groups is 1. The summed E-state index contributed by atoms with van der Waals surface area (Å²) in [5.41, 5.74) is 1.75. The van der Waals surface area contributed by atoms with Crippen LogP contribution in [-0.2, 0) is 0 Å². The third kappa shape index (κ3) is 3.20. The highest BCUT2D eigenvalue weighted by atomic mass is 16.2. The molecule has 1 aromatic heterocycles. The van der Waals surface area contributed by atoms with Crippen LogP contribution in [0.2, 0.25) is 0 Å². The maximum atomic E-state index is 11.9. The van der Waals surface area contributed by atoms with Gasteiger partial charge in [-0.2, -0.15) is 0 Å². The molecule has 0 atom stereocenters. The molecule has 0 unspecified atom stereocenters. The van der Waals surface area contributed by atoms with Crippen LogP contribution in [0.15, 0.2) is 35.1 Å². The fraction of sp³-hybridized carbons (Fsp3) is 0.333. The quantitative estimate of drug-likeness (QED) is 0.779. The molecule has 0 bridgehead atoms. The Bertz CT molecular complexity index is 695. The number of aromatic nitrogens is 2. The van der Waals surface area contributed by atoms with Crippen molar-refractivity contribution in [2.45, 2.75) is 0 Å². The zero-order chi connectivity index (χ0) is 15.5. The van der Waals surface area contributed by atoms with Crippen LogP contribution in [-0.4, -0.2) is 54.2 Å². The second-order valence-corrected chi connectivity index (χ2v) is 5.46. The summed E-state index contributed by atoms with van der Waals surface area (Å²) in [5, 5.41) is 7.62. The van der Waals surface area contributed by atoms with Crippen molar-refractivity contribution < 1.29 is 4.79 Å². The van der Waals surface area contributed by atoms with Gasteiger partial charge in [-0.1, -0.05) is 0 Å². The lowest BCUT2D eigenvalue weighted by Gasteiger charge is -2.34. The average molecular weight is 301 g/mol. The lowest BCUT2D eigenvalue weighted by molar-refractivity contribution is 0.102. The molecular formula is C15H19N5O2. The molecule has 0 saturated carbocycles. The number of hydrogen-bond donors (Lipinski definition) is 3. The van der Waals surface area contributed by atoms with Crippen molar-refractivity contribution in [2.75, 3.05) is 43.4 Å². The highest BCUT2D eigenvalue weighted by molar-refractivity contribution is 6.02. The van der Waals surface area contributed by atoms with Crippen LogP contribution in [0.25, 0.3) is 0 Å². The number of piperazine rings is 1. The largest absolute Gasteiger partial charge is 0.369 e. The molecule has 3 N–H and O–H groups in total. The van der Waals surface area contributed by atoms with Crippen LogP contribution < -0.4 is 15.8 Å². The molecule has 116 valence electrons. The van der Waals surface area contributed by atoms with Crippen molar-refractivity contribution in [3.8, 4) is 0 Å². The van der Waals surface area contributed by atoms with E-state index < -0.39 is 0 Å². The maximum Gasteiger partial charge on any atom is 0.273 e. The molecular weight excluding hydrogens is 282 g/mol. The van der Waals surface area contributed by atoms with Crippen molar-refractivity contribution in [3.05, 3.63) is 46.4 Å². The Kier molecular flexibility index (Phi) is 3.97. The summed E-state index contributed by atoms with van der Waals surface area (Å²) in [6.45, 7) is 4.12. The average Bonchev–Trinajstić information content (AvgIpc) is 2.96. The van der Waals surface area contributed by atoms with Gasteiger partial charge in [0.15, 0.2) is 0 Å². The lowest BCUT2D eigenvalue weighted by atomic mass is 10.2. The van der Waals surface area contributed by atoms with Crippen molar-refractivity contribution in [1.29, 1.82) is 0 Å². The molecule has 1 amide bonds. The van der Waals surface area contributed by atoms with Crippen molar-refractivity contribution >= 4 is 17.3 Å². The Hall–Kier alpha value is -2.54. The molecule has 1 saturated heterocycles. The van der Waals surface area contributed by atoms with Gasteiger partial charge in [0.05, 0.1) is 0 Å². The van der Waals surface area contributed by atoms with Crippen LogP contribution in [0, 0.1) is 0 Å². The second kappa shape index (κ2) is 6.07. The summed E-state index contributed by atoms with van der Waals surface area (Å²) in [5.74, 6) is -0.342. The first-order chi connectivity index (χ1) is 10.6. The highest BCUT2D eigenvalue weighted by Crippen LogP contribution is 2.19. The molecule has 1 aliphatic heterocycles. The van der Waals surface area contributed by atoms with Crippen molar-refractivity contribution in [1.82, 2.24) is 15.1 Å². The zero-order valence-electron chi connectivity index (χ0n) is 12.4. The molecule has 2 heterocycles.